The van der Waals surface area contributed by atoms with Crippen LogP contribution in [-0.2, 0) is 10.9 Å². The van der Waals surface area contributed by atoms with Crippen LogP contribution in [0.25, 0.3) is 0 Å². The molecule has 0 heterocycles. The Morgan fingerprint density at radius 3 is 1.72 bits per heavy atom. The number of hydrogen-bond donors (Lipinski definition) is 0. The van der Waals surface area contributed by atoms with Crippen LogP contribution < -0.4 is 4.74 Å². The van der Waals surface area contributed by atoms with Crippen LogP contribution in [-0.4, -0.2) is 5.97 Å². The molecule has 1 unspecified atom stereocenters. The van der Waals surface area contributed by atoms with Gasteiger partial charge in [-0.3, -0.25) is 0 Å². The van der Waals surface area contributed by atoms with E-state index >= 15 is 0 Å². The number of hydrogen-bond acceptors (Lipinski definition) is 2. The molecule has 0 fully saturated rings. The lowest BCUT2D eigenvalue weighted by Gasteiger charge is -2.10. The van der Waals surface area contributed by atoms with Crippen LogP contribution in [0.3, 0.4) is 0 Å². The molecule has 0 bridgehead atoms. The molecule has 3 heteroatoms. The van der Waals surface area contributed by atoms with Gasteiger partial charge in [0.25, 0.3) is 0 Å². The first-order valence-electron chi connectivity index (χ1n) is 10.9. The summed E-state index contributed by atoms with van der Waals surface area (Å²) in [5, 5.41) is 0. The first-order valence-corrected chi connectivity index (χ1v) is 12.1. The summed E-state index contributed by atoms with van der Waals surface area (Å²) in [4.78, 5) is 16.3. The van der Waals surface area contributed by atoms with Gasteiger partial charge in [0.2, 0.25) is 0 Å². The third-order valence-electron chi connectivity index (χ3n) is 5.56. The maximum Gasteiger partial charge on any atom is 0.343 e. The number of rotatable bonds is 7. The normalized spacial score (nSPS) is 11.8. The molecule has 4 aromatic carbocycles. The van der Waals surface area contributed by atoms with Crippen molar-refractivity contribution in [3.63, 3.8) is 0 Å². The number of carbonyl (C=O) groups is 1. The predicted molar refractivity (Wildman–Crippen MR) is 132 cm³/mol. The third kappa shape index (κ3) is 5.12. The summed E-state index contributed by atoms with van der Waals surface area (Å²) in [6.07, 6.45) is 1.07. The first kappa shape index (κ1) is 21.9. The zero-order chi connectivity index (χ0) is 22.3. The van der Waals surface area contributed by atoms with E-state index in [9.17, 15) is 4.79 Å². The van der Waals surface area contributed by atoms with E-state index in [2.05, 4.69) is 74.5 Å². The number of esters is 1. The monoisotopic (exact) mass is 439 g/mol. The molecule has 4 aromatic rings. The zero-order valence-corrected chi connectivity index (χ0v) is 19.2. The highest BCUT2D eigenvalue weighted by Gasteiger charge is 2.28. The van der Waals surface area contributed by atoms with Crippen molar-refractivity contribution < 1.29 is 9.53 Å². The van der Waals surface area contributed by atoms with E-state index in [1.54, 1.807) is 0 Å². The van der Waals surface area contributed by atoms with Crippen LogP contribution in [0.4, 0.5) is 0 Å². The Morgan fingerprint density at radius 1 is 0.719 bits per heavy atom. The van der Waals surface area contributed by atoms with Crippen LogP contribution in [0.1, 0.15) is 42.1 Å². The molecular formula is C29H27O2S+. The highest BCUT2D eigenvalue weighted by atomic mass is 32.2. The molecule has 32 heavy (non-hydrogen) atoms. The average Bonchev–Trinajstić information content (AvgIpc) is 2.86. The lowest BCUT2D eigenvalue weighted by molar-refractivity contribution is 0.0734. The van der Waals surface area contributed by atoms with Gasteiger partial charge in [0.05, 0.1) is 16.5 Å². The molecule has 0 saturated carbocycles. The molecule has 0 saturated heterocycles. The van der Waals surface area contributed by atoms with E-state index in [0.717, 1.165) is 6.42 Å². The van der Waals surface area contributed by atoms with Gasteiger partial charge in [-0.1, -0.05) is 62.4 Å². The lowest BCUT2D eigenvalue weighted by atomic mass is 9.98. The quantitative estimate of drug-likeness (QED) is 0.169. The molecule has 1 atom stereocenters. The van der Waals surface area contributed by atoms with Crippen molar-refractivity contribution in [2.75, 3.05) is 0 Å². The van der Waals surface area contributed by atoms with E-state index in [1.807, 2.05) is 48.5 Å². The molecule has 0 aliphatic carbocycles. The standard InChI is InChI=1S/C29H27O2S/c1-3-22(2)23-14-16-24(17-15-23)29(30)31-25-18-20-28(21-19-25)32(26-10-6-4-7-11-26)27-12-8-5-9-13-27/h4-22H,3H2,1-2H3/q+1. The van der Waals surface area contributed by atoms with Gasteiger partial charge >= 0.3 is 5.97 Å². The summed E-state index contributed by atoms with van der Waals surface area (Å²) in [6, 6.07) is 36.6. The highest BCUT2D eigenvalue weighted by Crippen LogP contribution is 2.32. The van der Waals surface area contributed by atoms with Gasteiger partial charge < -0.3 is 4.74 Å². The first-order chi connectivity index (χ1) is 15.7. The van der Waals surface area contributed by atoms with Gasteiger partial charge in [-0.15, -0.1) is 0 Å². The Kier molecular flexibility index (Phi) is 7.08. The van der Waals surface area contributed by atoms with Crippen LogP contribution in [0.5, 0.6) is 5.75 Å². The zero-order valence-electron chi connectivity index (χ0n) is 18.4. The summed E-state index contributed by atoms with van der Waals surface area (Å²) >= 11 is 0. The molecule has 0 aromatic heterocycles. The van der Waals surface area contributed by atoms with E-state index < -0.39 is 0 Å². The van der Waals surface area contributed by atoms with Crippen molar-refractivity contribution in [1.82, 2.24) is 0 Å². The van der Waals surface area contributed by atoms with E-state index in [4.69, 9.17) is 4.74 Å². The molecule has 0 N–H and O–H groups in total. The second-order valence-corrected chi connectivity index (χ2v) is 9.75. The van der Waals surface area contributed by atoms with Crippen molar-refractivity contribution in [1.29, 1.82) is 0 Å². The van der Waals surface area contributed by atoms with E-state index in [0.29, 0.717) is 17.2 Å². The fourth-order valence-electron chi connectivity index (χ4n) is 3.51. The SMILES string of the molecule is CCC(C)c1ccc(C(=O)Oc2ccc([S+](c3ccccc3)c3ccccc3)cc2)cc1. The summed E-state index contributed by atoms with van der Waals surface area (Å²) in [5.41, 5.74) is 1.80. The Labute approximate surface area is 193 Å². The van der Waals surface area contributed by atoms with Gasteiger partial charge in [0.1, 0.15) is 5.75 Å². The number of ether oxygens (including phenoxy) is 1. The molecule has 0 spiro atoms. The maximum atomic E-state index is 12.6. The Balaban J connectivity index is 1.53. The Bertz CT molecular complexity index is 1100. The van der Waals surface area contributed by atoms with E-state index in [-0.39, 0.29) is 16.9 Å². The number of benzene rings is 4. The summed E-state index contributed by atoms with van der Waals surface area (Å²) in [5.74, 6) is 0.698. The van der Waals surface area contributed by atoms with Crippen LogP contribution >= 0.6 is 0 Å². The minimum atomic E-state index is -0.335. The smallest absolute Gasteiger partial charge is 0.343 e. The lowest BCUT2D eigenvalue weighted by Crippen LogP contribution is -2.09. The van der Waals surface area contributed by atoms with Crippen molar-refractivity contribution in [2.45, 2.75) is 40.9 Å². The van der Waals surface area contributed by atoms with Crippen LogP contribution in [0.2, 0.25) is 0 Å². The predicted octanol–water partition coefficient (Wildman–Crippen LogP) is 7.51. The summed E-state index contributed by atoms with van der Waals surface area (Å²) < 4.78 is 5.64. The van der Waals surface area contributed by atoms with Crippen molar-refractivity contribution in [3.8, 4) is 5.75 Å². The summed E-state index contributed by atoms with van der Waals surface area (Å²) in [6.45, 7) is 4.35. The van der Waals surface area contributed by atoms with E-state index in [1.165, 1.54) is 20.2 Å². The van der Waals surface area contributed by atoms with Gasteiger partial charge in [-0.25, -0.2) is 4.79 Å². The highest BCUT2D eigenvalue weighted by molar-refractivity contribution is 7.97. The third-order valence-corrected chi connectivity index (χ3v) is 7.79. The number of carbonyl (C=O) groups excluding carboxylic acids is 1. The maximum absolute atomic E-state index is 12.6. The summed E-state index contributed by atoms with van der Waals surface area (Å²) in [7, 11) is -0.220. The molecule has 2 nitrogen and oxygen atoms in total. The molecule has 0 radical (unpaired) electrons. The van der Waals surface area contributed by atoms with Gasteiger partial charge in [0.15, 0.2) is 14.7 Å². The van der Waals surface area contributed by atoms with Gasteiger partial charge in [-0.2, -0.15) is 0 Å². The van der Waals surface area contributed by atoms with Crippen molar-refractivity contribution in [3.05, 3.63) is 120 Å². The fourth-order valence-corrected chi connectivity index (χ4v) is 5.60. The van der Waals surface area contributed by atoms with Crippen molar-refractivity contribution >= 4 is 16.9 Å². The second kappa shape index (κ2) is 10.3. The second-order valence-electron chi connectivity index (χ2n) is 7.72. The Hall–Kier alpha value is -3.30. The molecule has 0 amide bonds. The topological polar surface area (TPSA) is 26.3 Å². The van der Waals surface area contributed by atoms with Crippen molar-refractivity contribution in [2.24, 2.45) is 0 Å². The minimum absolute atomic E-state index is 0.220. The van der Waals surface area contributed by atoms with Gasteiger partial charge in [0, 0.05) is 0 Å². The van der Waals surface area contributed by atoms with Crippen LogP contribution in [0.15, 0.2) is 124 Å². The molecular weight excluding hydrogens is 412 g/mol. The molecule has 0 aliphatic rings. The molecule has 160 valence electrons. The largest absolute Gasteiger partial charge is 0.423 e. The minimum Gasteiger partial charge on any atom is -0.423 e. The Morgan fingerprint density at radius 2 is 1.22 bits per heavy atom. The molecule has 4 rings (SSSR count). The fraction of sp³-hybridized carbons (Fsp3) is 0.138. The van der Waals surface area contributed by atoms with Gasteiger partial charge in [-0.05, 0) is 78.6 Å². The molecule has 0 aliphatic heterocycles. The average molecular weight is 440 g/mol. The van der Waals surface area contributed by atoms with Crippen LogP contribution in [0, 0.1) is 0 Å².